The maximum Gasteiger partial charge on any atom is 0.115 e. The number of hydrogen-bond acceptors (Lipinski definition) is 3. The van der Waals surface area contributed by atoms with Gasteiger partial charge in [0.1, 0.15) is 6.33 Å². The summed E-state index contributed by atoms with van der Waals surface area (Å²) in [6, 6.07) is 2.69. The molecule has 0 spiro atoms. The predicted molar refractivity (Wildman–Crippen MR) is 76.7 cm³/mol. The first-order valence-electron chi connectivity index (χ1n) is 7.18. The van der Waals surface area contributed by atoms with Crippen molar-refractivity contribution in [2.45, 2.75) is 59.4 Å². The maximum atomic E-state index is 4.40. The molecule has 1 heterocycles. The topological polar surface area (TPSA) is 37.8 Å². The first-order chi connectivity index (χ1) is 8.65. The highest BCUT2D eigenvalue weighted by atomic mass is 14.9. The molecule has 0 amide bonds. The number of aromatic nitrogens is 2. The second-order valence-corrected chi connectivity index (χ2v) is 5.34. The molecule has 18 heavy (non-hydrogen) atoms. The molecule has 1 N–H and O–H groups in total. The van der Waals surface area contributed by atoms with Crippen molar-refractivity contribution in [3.05, 3.63) is 23.8 Å². The molecule has 0 aromatic carbocycles. The highest BCUT2D eigenvalue weighted by Gasteiger charge is 2.11. The zero-order valence-corrected chi connectivity index (χ0v) is 12.2. The number of nitrogens with one attached hydrogen (secondary N) is 1. The van der Waals surface area contributed by atoms with Crippen molar-refractivity contribution in [2.75, 3.05) is 6.54 Å². The normalized spacial score (nSPS) is 12.9. The minimum Gasteiger partial charge on any atom is -0.314 e. The lowest BCUT2D eigenvalue weighted by molar-refractivity contribution is 0.421. The van der Waals surface area contributed by atoms with Gasteiger partial charge in [0.25, 0.3) is 0 Å². The Morgan fingerprint density at radius 3 is 2.50 bits per heavy atom. The molecule has 0 fully saturated rings. The first kappa shape index (κ1) is 15.1. The third-order valence-electron chi connectivity index (χ3n) is 2.99. The molecule has 0 saturated heterocycles. The quantitative estimate of drug-likeness (QED) is 0.769. The number of aryl methyl sites for hydroxylation is 1. The summed E-state index contributed by atoms with van der Waals surface area (Å²) < 4.78 is 0. The van der Waals surface area contributed by atoms with Gasteiger partial charge < -0.3 is 5.32 Å². The van der Waals surface area contributed by atoms with Crippen LogP contribution in [0.15, 0.2) is 12.4 Å². The smallest absolute Gasteiger partial charge is 0.115 e. The van der Waals surface area contributed by atoms with Crippen molar-refractivity contribution < 1.29 is 0 Å². The third-order valence-corrected chi connectivity index (χ3v) is 2.99. The summed E-state index contributed by atoms with van der Waals surface area (Å²) in [5, 5.41) is 3.55. The van der Waals surface area contributed by atoms with Crippen LogP contribution in [0.1, 0.15) is 51.9 Å². The van der Waals surface area contributed by atoms with Crippen LogP contribution in [0.4, 0.5) is 0 Å². The fourth-order valence-electron chi connectivity index (χ4n) is 2.30. The fourth-order valence-corrected chi connectivity index (χ4v) is 2.30. The van der Waals surface area contributed by atoms with Gasteiger partial charge in [-0.25, -0.2) is 9.97 Å². The van der Waals surface area contributed by atoms with Gasteiger partial charge in [-0.1, -0.05) is 34.1 Å². The molecule has 3 heteroatoms. The molecule has 0 saturated carbocycles. The maximum absolute atomic E-state index is 4.40. The van der Waals surface area contributed by atoms with Crippen LogP contribution in [0.25, 0.3) is 0 Å². The van der Waals surface area contributed by atoms with E-state index in [1.807, 2.05) is 0 Å². The van der Waals surface area contributed by atoms with Gasteiger partial charge in [0.05, 0.1) is 0 Å². The van der Waals surface area contributed by atoms with Crippen molar-refractivity contribution in [3.8, 4) is 0 Å². The van der Waals surface area contributed by atoms with E-state index in [2.05, 4.69) is 49.0 Å². The van der Waals surface area contributed by atoms with E-state index in [1.54, 1.807) is 6.33 Å². The summed E-state index contributed by atoms with van der Waals surface area (Å²) in [4.78, 5) is 8.71. The Morgan fingerprint density at radius 2 is 1.89 bits per heavy atom. The van der Waals surface area contributed by atoms with Crippen molar-refractivity contribution in [1.82, 2.24) is 15.3 Å². The molecule has 3 nitrogen and oxygen atoms in total. The van der Waals surface area contributed by atoms with E-state index in [0.717, 1.165) is 25.8 Å². The summed E-state index contributed by atoms with van der Waals surface area (Å²) in [5.41, 5.74) is 2.34. The van der Waals surface area contributed by atoms with E-state index >= 15 is 0 Å². The van der Waals surface area contributed by atoms with Crippen LogP contribution in [-0.4, -0.2) is 22.6 Å². The van der Waals surface area contributed by atoms with Gasteiger partial charge in [-0.15, -0.1) is 0 Å². The van der Waals surface area contributed by atoms with Gasteiger partial charge in [0, 0.05) is 23.9 Å². The molecule has 0 aliphatic heterocycles. The summed E-state index contributed by atoms with van der Waals surface area (Å²) in [6.45, 7) is 9.90. The van der Waals surface area contributed by atoms with Crippen LogP contribution >= 0.6 is 0 Å². The zero-order chi connectivity index (χ0) is 13.4. The van der Waals surface area contributed by atoms with Crippen LogP contribution in [-0.2, 0) is 12.8 Å². The summed E-state index contributed by atoms with van der Waals surface area (Å²) in [7, 11) is 0. The Hall–Kier alpha value is -0.960. The first-order valence-corrected chi connectivity index (χ1v) is 7.18. The second-order valence-electron chi connectivity index (χ2n) is 5.34. The van der Waals surface area contributed by atoms with E-state index in [4.69, 9.17) is 0 Å². The largest absolute Gasteiger partial charge is 0.314 e. The minimum absolute atomic E-state index is 0.527. The van der Waals surface area contributed by atoms with Crippen LogP contribution in [0.3, 0.4) is 0 Å². The summed E-state index contributed by atoms with van der Waals surface area (Å²) in [5.74, 6) is 0.714. The average Bonchev–Trinajstić information content (AvgIpc) is 2.29. The van der Waals surface area contributed by atoms with Gasteiger partial charge in [-0.05, 0) is 31.4 Å². The molecule has 1 rings (SSSR count). The van der Waals surface area contributed by atoms with Crippen molar-refractivity contribution in [3.63, 3.8) is 0 Å². The van der Waals surface area contributed by atoms with Crippen LogP contribution < -0.4 is 5.32 Å². The zero-order valence-electron chi connectivity index (χ0n) is 12.2. The van der Waals surface area contributed by atoms with Gasteiger partial charge in [0.2, 0.25) is 0 Å². The Morgan fingerprint density at radius 1 is 1.17 bits per heavy atom. The average molecular weight is 249 g/mol. The fraction of sp³-hybridized carbons (Fsp3) is 0.733. The third kappa shape index (κ3) is 5.58. The minimum atomic E-state index is 0.527. The van der Waals surface area contributed by atoms with E-state index in [-0.39, 0.29) is 0 Å². The molecule has 0 radical (unpaired) electrons. The molecular formula is C15H27N3. The second kappa shape index (κ2) is 8.20. The van der Waals surface area contributed by atoms with E-state index < -0.39 is 0 Å². The summed E-state index contributed by atoms with van der Waals surface area (Å²) >= 11 is 0. The Kier molecular flexibility index (Phi) is 6.88. The molecule has 0 bridgehead atoms. The van der Waals surface area contributed by atoms with Crippen LogP contribution in [0, 0.1) is 5.92 Å². The van der Waals surface area contributed by atoms with Crippen LogP contribution in [0.5, 0.6) is 0 Å². The molecule has 1 unspecified atom stereocenters. The molecule has 0 aliphatic carbocycles. The number of rotatable bonds is 8. The Balaban J connectivity index is 2.64. The van der Waals surface area contributed by atoms with E-state index in [9.17, 15) is 0 Å². The lowest BCUT2D eigenvalue weighted by Crippen LogP contribution is -2.32. The number of hydrogen-bond donors (Lipinski definition) is 1. The lowest BCUT2D eigenvalue weighted by Gasteiger charge is -2.19. The van der Waals surface area contributed by atoms with Gasteiger partial charge in [0.15, 0.2) is 0 Å². The van der Waals surface area contributed by atoms with Crippen molar-refractivity contribution in [1.29, 1.82) is 0 Å². The molecule has 1 aromatic rings. The Bertz CT molecular complexity index is 336. The van der Waals surface area contributed by atoms with Gasteiger partial charge in [-0.2, -0.15) is 0 Å². The van der Waals surface area contributed by atoms with E-state index in [0.29, 0.717) is 12.0 Å². The Labute approximate surface area is 111 Å². The lowest BCUT2D eigenvalue weighted by atomic mass is 9.99. The molecule has 102 valence electrons. The molecule has 1 aromatic heterocycles. The van der Waals surface area contributed by atoms with E-state index in [1.165, 1.54) is 17.8 Å². The van der Waals surface area contributed by atoms with Crippen molar-refractivity contribution >= 4 is 0 Å². The van der Waals surface area contributed by atoms with Crippen molar-refractivity contribution in [2.24, 2.45) is 5.92 Å². The van der Waals surface area contributed by atoms with Gasteiger partial charge in [-0.3, -0.25) is 0 Å². The monoisotopic (exact) mass is 249 g/mol. The number of likely N-dealkylation sites (N-methyl/N-ethyl adjacent to an activating group) is 1. The van der Waals surface area contributed by atoms with Gasteiger partial charge >= 0.3 is 0 Å². The molecule has 1 atom stereocenters. The predicted octanol–water partition coefficient (Wildman–Crippen LogP) is 3.00. The SMILES string of the molecule is CCCc1cc(CC(CC(C)C)NCC)ncn1. The van der Waals surface area contributed by atoms with Crippen LogP contribution in [0.2, 0.25) is 0 Å². The molecule has 0 aliphatic rings. The standard InChI is InChI=1S/C15H27N3/c1-5-7-13-9-15(18-11-17-13)10-14(16-6-2)8-12(3)4/h9,11-12,14,16H,5-8,10H2,1-4H3. The molecular weight excluding hydrogens is 222 g/mol. The highest BCUT2D eigenvalue weighted by molar-refractivity contribution is 5.09. The highest BCUT2D eigenvalue weighted by Crippen LogP contribution is 2.10. The summed E-state index contributed by atoms with van der Waals surface area (Å²) in [6.07, 6.45) is 6.09. The number of nitrogens with zero attached hydrogens (tertiary/aromatic N) is 2.